The molecular formula is C16H18N4O. The fourth-order valence-electron chi connectivity index (χ4n) is 2.52. The van der Waals surface area contributed by atoms with Gasteiger partial charge in [0.25, 0.3) is 5.91 Å². The Morgan fingerprint density at radius 3 is 2.43 bits per heavy atom. The average Bonchev–Trinajstić information content (AvgIpc) is 3.00. The summed E-state index contributed by atoms with van der Waals surface area (Å²) in [6.07, 6.45) is 0. The number of fused-ring (bicyclic) bond motifs is 1. The summed E-state index contributed by atoms with van der Waals surface area (Å²) in [6, 6.07) is 11.6. The number of aryl methyl sites for hydroxylation is 2. The maximum atomic E-state index is 12.7. The van der Waals surface area contributed by atoms with E-state index < -0.39 is 0 Å². The number of amides is 1. The average molecular weight is 282 g/mol. The first-order valence-electron chi connectivity index (χ1n) is 6.82. The van der Waals surface area contributed by atoms with Crippen molar-refractivity contribution in [2.24, 2.45) is 14.1 Å². The van der Waals surface area contributed by atoms with Crippen molar-refractivity contribution in [3.05, 3.63) is 47.8 Å². The van der Waals surface area contributed by atoms with Crippen LogP contribution in [0.25, 0.3) is 11.0 Å². The molecule has 1 aromatic carbocycles. The Hall–Kier alpha value is -2.56. The summed E-state index contributed by atoms with van der Waals surface area (Å²) >= 11 is 0. The lowest BCUT2D eigenvalue weighted by Gasteiger charge is -2.17. The summed E-state index contributed by atoms with van der Waals surface area (Å²) < 4.78 is 3.82. The highest BCUT2D eigenvalue weighted by atomic mass is 16.2. The van der Waals surface area contributed by atoms with Gasteiger partial charge in [-0.05, 0) is 31.2 Å². The molecule has 108 valence electrons. The molecule has 0 saturated carbocycles. The van der Waals surface area contributed by atoms with Gasteiger partial charge in [0.15, 0.2) is 0 Å². The van der Waals surface area contributed by atoms with E-state index in [1.807, 2.05) is 66.6 Å². The first kappa shape index (κ1) is 13.4. The summed E-state index contributed by atoms with van der Waals surface area (Å²) in [6.45, 7) is 1.98. The third-order valence-corrected chi connectivity index (χ3v) is 3.96. The van der Waals surface area contributed by atoms with Crippen LogP contribution in [0.15, 0.2) is 36.4 Å². The van der Waals surface area contributed by atoms with Gasteiger partial charge in [0.05, 0.1) is 11.0 Å². The first-order valence-corrected chi connectivity index (χ1v) is 6.82. The molecule has 0 fully saturated rings. The Labute approximate surface area is 123 Å². The van der Waals surface area contributed by atoms with Gasteiger partial charge < -0.3 is 9.13 Å². The Morgan fingerprint density at radius 2 is 1.81 bits per heavy atom. The van der Waals surface area contributed by atoms with E-state index in [9.17, 15) is 4.79 Å². The number of aromatic nitrogens is 3. The number of hydrogen-bond donors (Lipinski definition) is 0. The lowest BCUT2D eigenvalue weighted by atomic mass is 10.3. The minimum atomic E-state index is -0.0657. The second-order valence-electron chi connectivity index (χ2n) is 5.24. The fraction of sp³-hybridized carbons (Fsp3) is 0.250. The van der Waals surface area contributed by atoms with Crippen LogP contribution in [0.3, 0.4) is 0 Å². The van der Waals surface area contributed by atoms with Crippen LogP contribution in [-0.4, -0.2) is 27.1 Å². The third-order valence-electron chi connectivity index (χ3n) is 3.96. The molecule has 0 spiro atoms. The van der Waals surface area contributed by atoms with Gasteiger partial charge in [0.2, 0.25) is 5.95 Å². The van der Waals surface area contributed by atoms with E-state index in [1.165, 1.54) is 0 Å². The van der Waals surface area contributed by atoms with Gasteiger partial charge in [0, 0.05) is 26.8 Å². The number of benzene rings is 1. The molecule has 0 radical (unpaired) electrons. The molecule has 2 heterocycles. The third kappa shape index (κ3) is 2.01. The second-order valence-corrected chi connectivity index (χ2v) is 5.24. The lowest BCUT2D eigenvalue weighted by Crippen LogP contribution is -2.30. The maximum absolute atomic E-state index is 12.7. The monoisotopic (exact) mass is 282 g/mol. The number of carbonyl (C=O) groups is 1. The molecule has 3 rings (SSSR count). The predicted octanol–water partition coefficient (Wildman–Crippen LogP) is 2.50. The molecule has 2 aromatic heterocycles. The van der Waals surface area contributed by atoms with Crippen LogP contribution in [-0.2, 0) is 14.1 Å². The SMILES string of the molecule is Cc1ccc(C(=O)N(C)c2nc3ccccc3n2C)n1C. The van der Waals surface area contributed by atoms with Crippen molar-refractivity contribution in [1.82, 2.24) is 14.1 Å². The number of rotatable bonds is 2. The highest BCUT2D eigenvalue weighted by Crippen LogP contribution is 2.21. The van der Waals surface area contributed by atoms with E-state index in [0.29, 0.717) is 11.6 Å². The standard InChI is InChI=1S/C16H18N4O/c1-11-9-10-14(18(11)2)15(21)20(4)16-17-12-7-5-6-8-13(12)19(16)3/h5-10H,1-4H3. The topological polar surface area (TPSA) is 43.1 Å². The van der Waals surface area contributed by atoms with E-state index in [1.54, 1.807) is 11.9 Å². The van der Waals surface area contributed by atoms with Gasteiger partial charge in [-0.25, -0.2) is 4.98 Å². The van der Waals surface area contributed by atoms with Crippen molar-refractivity contribution in [1.29, 1.82) is 0 Å². The summed E-state index contributed by atoms with van der Waals surface area (Å²) in [5.41, 5.74) is 3.60. The van der Waals surface area contributed by atoms with E-state index >= 15 is 0 Å². The predicted molar refractivity (Wildman–Crippen MR) is 83.6 cm³/mol. The van der Waals surface area contributed by atoms with Gasteiger partial charge in [-0.1, -0.05) is 12.1 Å². The molecule has 0 N–H and O–H groups in total. The first-order chi connectivity index (χ1) is 10.0. The Balaban J connectivity index is 2.04. The van der Waals surface area contributed by atoms with Gasteiger partial charge in [-0.2, -0.15) is 0 Å². The zero-order chi connectivity index (χ0) is 15.1. The van der Waals surface area contributed by atoms with E-state index in [2.05, 4.69) is 4.98 Å². The Bertz CT molecular complexity index is 828. The molecule has 0 aliphatic carbocycles. The van der Waals surface area contributed by atoms with Crippen molar-refractivity contribution >= 4 is 22.9 Å². The van der Waals surface area contributed by atoms with Crippen LogP contribution in [0.2, 0.25) is 0 Å². The normalized spacial score (nSPS) is 11.0. The minimum Gasteiger partial charge on any atom is -0.344 e. The van der Waals surface area contributed by atoms with Crippen LogP contribution >= 0.6 is 0 Å². The van der Waals surface area contributed by atoms with Crippen molar-refractivity contribution in [3.8, 4) is 0 Å². The van der Waals surface area contributed by atoms with Crippen LogP contribution in [0.1, 0.15) is 16.2 Å². The molecule has 0 aliphatic heterocycles. The Kier molecular flexibility index (Phi) is 3.05. The van der Waals surface area contributed by atoms with Crippen LogP contribution < -0.4 is 4.90 Å². The van der Waals surface area contributed by atoms with E-state index in [0.717, 1.165) is 16.7 Å². The molecule has 21 heavy (non-hydrogen) atoms. The van der Waals surface area contributed by atoms with Gasteiger partial charge in [-0.3, -0.25) is 9.69 Å². The van der Waals surface area contributed by atoms with Crippen molar-refractivity contribution in [2.75, 3.05) is 11.9 Å². The van der Waals surface area contributed by atoms with Crippen LogP contribution in [0, 0.1) is 6.92 Å². The molecule has 5 nitrogen and oxygen atoms in total. The molecule has 0 aliphatic rings. The number of anilines is 1. The number of nitrogens with zero attached hydrogens (tertiary/aromatic N) is 4. The molecule has 0 saturated heterocycles. The van der Waals surface area contributed by atoms with Gasteiger partial charge >= 0.3 is 0 Å². The van der Waals surface area contributed by atoms with E-state index in [-0.39, 0.29) is 5.91 Å². The molecule has 0 atom stereocenters. The molecule has 5 heteroatoms. The molecule has 3 aromatic rings. The number of hydrogen-bond acceptors (Lipinski definition) is 2. The summed E-state index contributed by atoms with van der Waals surface area (Å²) in [5, 5.41) is 0. The summed E-state index contributed by atoms with van der Waals surface area (Å²) in [7, 11) is 5.57. The molecule has 1 amide bonds. The molecule has 0 bridgehead atoms. The van der Waals surface area contributed by atoms with Crippen molar-refractivity contribution in [3.63, 3.8) is 0 Å². The quantitative estimate of drug-likeness (QED) is 0.725. The molecule has 0 unspecified atom stereocenters. The summed E-state index contributed by atoms with van der Waals surface area (Å²) in [5.74, 6) is 0.573. The van der Waals surface area contributed by atoms with Crippen molar-refractivity contribution < 1.29 is 4.79 Å². The second kappa shape index (κ2) is 4.77. The van der Waals surface area contributed by atoms with Gasteiger partial charge in [0.1, 0.15) is 5.69 Å². The zero-order valence-electron chi connectivity index (χ0n) is 12.7. The zero-order valence-corrected chi connectivity index (χ0v) is 12.7. The lowest BCUT2D eigenvalue weighted by molar-refractivity contribution is 0.0983. The van der Waals surface area contributed by atoms with Gasteiger partial charge in [-0.15, -0.1) is 0 Å². The van der Waals surface area contributed by atoms with E-state index in [4.69, 9.17) is 0 Å². The number of para-hydroxylation sites is 2. The van der Waals surface area contributed by atoms with Crippen LogP contribution in [0.4, 0.5) is 5.95 Å². The molecular weight excluding hydrogens is 264 g/mol. The number of carbonyl (C=O) groups excluding carboxylic acids is 1. The highest BCUT2D eigenvalue weighted by Gasteiger charge is 2.21. The van der Waals surface area contributed by atoms with Crippen LogP contribution in [0.5, 0.6) is 0 Å². The highest BCUT2D eigenvalue weighted by molar-refractivity contribution is 6.04. The maximum Gasteiger partial charge on any atom is 0.276 e. The van der Waals surface area contributed by atoms with Crippen molar-refractivity contribution in [2.45, 2.75) is 6.92 Å². The largest absolute Gasteiger partial charge is 0.344 e. The minimum absolute atomic E-state index is 0.0657. The number of imidazole rings is 1. The summed E-state index contributed by atoms with van der Waals surface area (Å²) in [4.78, 5) is 18.8. The fourth-order valence-corrected chi connectivity index (χ4v) is 2.52. The Morgan fingerprint density at radius 1 is 1.10 bits per heavy atom. The smallest absolute Gasteiger partial charge is 0.276 e.